The van der Waals surface area contributed by atoms with Gasteiger partial charge in [-0.2, -0.15) is 0 Å². The van der Waals surface area contributed by atoms with Crippen LogP contribution in [0.3, 0.4) is 0 Å². The van der Waals surface area contributed by atoms with Crippen LogP contribution in [0.15, 0.2) is 59.3 Å². The summed E-state index contributed by atoms with van der Waals surface area (Å²) in [7, 11) is 0. The molecule has 3 amide bonds. The third-order valence-corrected chi connectivity index (χ3v) is 5.58. The predicted octanol–water partition coefficient (Wildman–Crippen LogP) is 3.34. The second-order valence-electron chi connectivity index (χ2n) is 7.52. The Morgan fingerprint density at radius 2 is 1.94 bits per heavy atom. The van der Waals surface area contributed by atoms with Crippen LogP contribution in [0.1, 0.15) is 28.8 Å². The van der Waals surface area contributed by atoms with Crippen LogP contribution in [0.5, 0.6) is 0 Å². The number of hydrogen-bond donors (Lipinski definition) is 2. The summed E-state index contributed by atoms with van der Waals surface area (Å²) < 4.78 is 5.52. The molecule has 1 atom stereocenters. The van der Waals surface area contributed by atoms with Crippen LogP contribution >= 0.6 is 11.6 Å². The topological polar surface area (TPSA) is 87.7 Å². The molecular weight excluding hydrogens is 418 g/mol. The standard InChI is InChI=1S/C23H22ClN3O4/c1-14-7-9-17(10-8-14)27-22(29)19(24)20(23(27)30)26-16-5-2-4-15(12-16)21(28)25-13-18-6-3-11-31-18/h2,4-5,7-10,12,18,26H,3,6,11,13H2,1H3,(H,25,28). The molecule has 2 aliphatic rings. The SMILES string of the molecule is Cc1ccc(N2C(=O)C(Cl)=C(Nc3cccc(C(=O)NCC4CCCO4)c3)C2=O)cc1. The first-order valence-corrected chi connectivity index (χ1v) is 10.4. The Labute approximate surface area is 185 Å². The van der Waals surface area contributed by atoms with Gasteiger partial charge in [0.15, 0.2) is 0 Å². The van der Waals surface area contributed by atoms with Crippen LogP contribution in [-0.2, 0) is 14.3 Å². The normalized spacial score (nSPS) is 18.6. The van der Waals surface area contributed by atoms with Gasteiger partial charge in [0.05, 0.1) is 11.8 Å². The van der Waals surface area contributed by atoms with E-state index in [1.54, 1.807) is 36.4 Å². The van der Waals surface area contributed by atoms with E-state index in [1.807, 2.05) is 19.1 Å². The van der Waals surface area contributed by atoms with Gasteiger partial charge < -0.3 is 15.4 Å². The van der Waals surface area contributed by atoms with E-state index in [0.29, 0.717) is 23.5 Å². The van der Waals surface area contributed by atoms with Crippen LogP contribution < -0.4 is 15.5 Å². The van der Waals surface area contributed by atoms with Crippen LogP contribution in [0.2, 0.25) is 0 Å². The third-order valence-electron chi connectivity index (χ3n) is 5.23. The summed E-state index contributed by atoms with van der Waals surface area (Å²) in [6, 6.07) is 13.7. The largest absolute Gasteiger partial charge is 0.376 e. The van der Waals surface area contributed by atoms with Crippen molar-refractivity contribution in [2.24, 2.45) is 0 Å². The number of amides is 3. The fraction of sp³-hybridized carbons (Fsp3) is 0.261. The Morgan fingerprint density at radius 3 is 2.65 bits per heavy atom. The van der Waals surface area contributed by atoms with Crippen LogP contribution in [0, 0.1) is 6.92 Å². The van der Waals surface area contributed by atoms with Crippen molar-refractivity contribution in [2.75, 3.05) is 23.4 Å². The van der Waals surface area contributed by atoms with E-state index in [4.69, 9.17) is 16.3 Å². The van der Waals surface area contributed by atoms with Gasteiger partial charge >= 0.3 is 0 Å². The number of nitrogens with zero attached hydrogens (tertiary/aromatic N) is 1. The number of rotatable bonds is 6. The summed E-state index contributed by atoms with van der Waals surface area (Å²) in [6.07, 6.45) is 1.98. The number of halogens is 1. The first-order valence-electron chi connectivity index (χ1n) is 10.1. The minimum Gasteiger partial charge on any atom is -0.376 e. The monoisotopic (exact) mass is 439 g/mol. The average molecular weight is 440 g/mol. The van der Waals surface area contributed by atoms with Crippen molar-refractivity contribution in [1.29, 1.82) is 0 Å². The number of carbonyl (C=O) groups excluding carboxylic acids is 3. The van der Waals surface area contributed by atoms with E-state index in [1.165, 1.54) is 0 Å². The summed E-state index contributed by atoms with van der Waals surface area (Å²) in [5.41, 5.74) is 2.33. The highest BCUT2D eigenvalue weighted by Crippen LogP contribution is 2.30. The molecule has 0 radical (unpaired) electrons. The second kappa shape index (κ2) is 8.91. The number of carbonyl (C=O) groups is 3. The van der Waals surface area contributed by atoms with Crippen molar-refractivity contribution in [3.05, 3.63) is 70.4 Å². The molecule has 0 aliphatic carbocycles. The van der Waals surface area contributed by atoms with Crippen molar-refractivity contribution in [3.8, 4) is 0 Å². The zero-order chi connectivity index (χ0) is 22.0. The minimum absolute atomic E-state index is 0.0239. The smallest absolute Gasteiger partial charge is 0.283 e. The molecule has 1 unspecified atom stereocenters. The molecule has 2 aromatic rings. The lowest BCUT2D eigenvalue weighted by molar-refractivity contribution is -0.120. The molecule has 0 bridgehead atoms. The molecule has 2 aromatic carbocycles. The molecule has 160 valence electrons. The molecule has 8 heteroatoms. The maximum Gasteiger partial charge on any atom is 0.283 e. The van der Waals surface area contributed by atoms with Gasteiger partial charge in [0, 0.05) is 24.4 Å². The second-order valence-corrected chi connectivity index (χ2v) is 7.90. The number of imide groups is 1. The summed E-state index contributed by atoms with van der Waals surface area (Å²) in [5, 5.41) is 5.57. The Hall–Kier alpha value is -3.16. The van der Waals surface area contributed by atoms with Gasteiger partial charge in [0.2, 0.25) is 0 Å². The molecule has 1 saturated heterocycles. The first kappa shape index (κ1) is 21.1. The number of ether oxygens (including phenoxy) is 1. The summed E-state index contributed by atoms with van der Waals surface area (Å²) >= 11 is 6.19. The molecule has 0 aromatic heterocycles. The van der Waals surface area contributed by atoms with Crippen molar-refractivity contribution in [1.82, 2.24) is 5.32 Å². The van der Waals surface area contributed by atoms with Crippen molar-refractivity contribution >= 4 is 40.7 Å². The van der Waals surface area contributed by atoms with Crippen molar-refractivity contribution < 1.29 is 19.1 Å². The van der Waals surface area contributed by atoms with Gasteiger partial charge in [-0.3, -0.25) is 14.4 Å². The quantitative estimate of drug-likeness (QED) is 0.674. The maximum absolute atomic E-state index is 12.9. The van der Waals surface area contributed by atoms with Crippen LogP contribution in [0.4, 0.5) is 11.4 Å². The molecule has 31 heavy (non-hydrogen) atoms. The van der Waals surface area contributed by atoms with Gasteiger partial charge in [-0.15, -0.1) is 0 Å². The molecular formula is C23H22ClN3O4. The number of hydrogen-bond acceptors (Lipinski definition) is 5. The van der Waals surface area contributed by atoms with Crippen molar-refractivity contribution in [3.63, 3.8) is 0 Å². The van der Waals surface area contributed by atoms with E-state index < -0.39 is 11.8 Å². The van der Waals surface area contributed by atoms with Crippen LogP contribution in [-0.4, -0.2) is 37.0 Å². The summed E-state index contributed by atoms with van der Waals surface area (Å²) in [6.45, 7) is 3.09. The van der Waals surface area contributed by atoms with E-state index >= 15 is 0 Å². The number of benzene rings is 2. The van der Waals surface area contributed by atoms with E-state index in [9.17, 15) is 14.4 Å². The zero-order valence-corrected chi connectivity index (χ0v) is 17.7. The Bertz CT molecular complexity index is 1060. The molecule has 0 saturated carbocycles. The Morgan fingerprint density at radius 1 is 1.16 bits per heavy atom. The molecule has 1 fully saturated rings. The molecule has 2 heterocycles. The number of nitrogens with one attached hydrogen (secondary N) is 2. The lowest BCUT2D eigenvalue weighted by atomic mass is 10.1. The van der Waals surface area contributed by atoms with Crippen molar-refractivity contribution in [2.45, 2.75) is 25.9 Å². The lowest BCUT2D eigenvalue weighted by Gasteiger charge is -2.15. The molecule has 0 spiro atoms. The van der Waals surface area contributed by atoms with E-state index in [0.717, 1.165) is 29.9 Å². The lowest BCUT2D eigenvalue weighted by Crippen LogP contribution is -2.32. The predicted molar refractivity (Wildman–Crippen MR) is 118 cm³/mol. The molecule has 2 aliphatic heterocycles. The maximum atomic E-state index is 12.9. The highest BCUT2D eigenvalue weighted by Gasteiger charge is 2.38. The van der Waals surface area contributed by atoms with Gasteiger partial charge in [0.25, 0.3) is 17.7 Å². The number of anilines is 2. The van der Waals surface area contributed by atoms with E-state index in [2.05, 4.69) is 10.6 Å². The fourth-order valence-corrected chi connectivity index (χ4v) is 3.75. The van der Waals surface area contributed by atoms with Gasteiger partial charge in [-0.05, 0) is 50.1 Å². The average Bonchev–Trinajstić information content (AvgIpc) is 3.36. The fourth-order valence-electron chi connectivity index (χ4n) is 3.54. The van der Waals surface area contributed by atoms with Gasteiger partial charge in [-0.1, -0.05) is 35.4 Å². The Balaban J connectivity index is 1.47. The van der Waals surface area contributed by atoms with Gasteiger partial charge in [-0.25, -0.2) is 4.90 Å². The Kier molecular flexibility index (Phi) is 6.06. The first-order chi connectivity index (χ1) is 14.9. The molecule has 4 rings (SSSR count). The highest BCUT2D eigenvalue weighted by molar-refractivity contribution is 6.53. The minimum atomic E-state index is -0.594. The van der Waals surface area contributed by atoms with Gasteiger partial charge in [0.1, 0.15) is 10.7 Å². The highest BCUT2D eigenvalue weighted by atomic mass is 35.5. The number of aryl methyl sites for hydroxylation is 1. The third kappa shape index (κ3) is 4.47. The zero-order valence-electron chi connectivity index (χ0n) is 17.0. The summed E-state index contributed by atoms with van der Waals surface area (Å²) in [5.74, 6) is -1.38. The molecule has 7 nitrogen and oxygen atoms in total. The van der Waals surface area contributed by atoms with E-state index in [-0.39, 0.29) is 22.7 Å². The summed E-state index contributed by atoms with van der Waals surface area (Å²) in [4.78, 5) is 39.0. The molecule has 2 N–H and O–H groups in total. The van der Waals surface area contributed by atoms with Crippen LogP contribution in [0.25, 0.3) is 0 Å².